The van der Waals surface area contributed by atoms with Crippen LogP contribution >= 0.6 is 24.0 Å². The molecule has 2 rings (SSSR count). The maximum absolute atomic E-state index is 12.3. The molecule has 27 heavy (non-hydrogen) atoms. The summed E-state index contributed by atoms with van der Waals surface area (Å²) < 4.78 is 2.05. The smallest absolute Gasteiger partial charge is 0.223 e. The summed E-state index contributed by atoms with van der Waals surface area (Å²) >= 11 is 0. The van der Waals surface area contributed by atoms with Crippen molar-refractivity contribution in [3.05, 3.63) is 12.2 Å². The number of aryl methyl sites for hydroxylation is 1. The van der Waals surface area contributed by atoms with Crippen molar-refractivity contribution in [2.75, 3.05) is 13.6 Å². The van der Waals surface area contributed by atoms with E-state index in [0.29, 0.717) is 0 Å². The summed E-state index contributed by atoms with van der Waals surface area (Å²) in [5, 5.41) is 17.9. The zero-order chi connectivity index (χ0) is 18.9. The van der Waals surface area contributed by atoms with Crippen LogP contribution in [0.4, 0.5) is 0 Å². The first-order valence-corrected chi connectivity index (χ1v) is 9.67. The predicted molar refractivity (Wildman–Crippen MR) is 118 cm³/mol. The lowest BCUT2D eigenvalue weighted by Gasteiger charge is -2.30. The van der Waals surface area contributed by atoms with Crippen LogP contribution in [0.3, 0.4) is 0 Å². The van der Waals surface area contributed by atoms with Crippen LogP contribution in [-0.2, 0) is 17.8 Å². The molecule has 0 bridgehead atoms. The Morgan fingerprint density at radius 1 is 1.41 bits per heavy atom. The van der Waals surface area contributed by atoms with Crippen LogP contribution in [0.2, 0.25) is 0 Å². The molecule has 1 aromatic heterocycles. The molecule has 1 heterocycles. The molecule has 9 heteroatoms. The second kappa shape index (κ2) is 12.1. The van der Waals surface area contributed by atoms with Crippen molar-refractivity contribution in [2.45, 2.75) is 71.5 Å². The number of carbonyl (C=O) groups excluding carboxylic acids is 1. The quantitative estimate of drug-likeness (QED) is 0.307. The number of nitrogens with one attached hydrogen (secondary N) is 3. The van der Waals surface area contributed by atoms with Crippen molar-refractivity contribution in [3.63, 3.8) is 0 Å². The Hall–Kier alpha value is -1.39. The molecule has 8 nitrogen and oxygen atoms in total. The molecule has 2 unspecified atom stereocenters. The van der Waals surface area contributed by atoms with Gasteiger partial charge in [0, 0.05) is 44.6 Å². The second-order valence-electron chi connectivity index (χ2n) is 7.16. The van der Waals surface area contributed by atoms with Crippen molar-refractivity contribution in [3.8, 4) is 0 Å². The highest BCUT2D eigenvalue weighted by atomic mass is 127. The third-order valence-corrected chi connectivity index (χ3v) is 4.70. The van der Waals surface area contributed by atoms with Gasteiger partial charge in [-0.3, -0.25) is 9.79 Å². The first-order chi connectivity index (χ1) is 12.5. The van der Waals surface area contributed by atoms with Gasteiger partial charge in [0.25, 0.3) is 0 Å². The summed E-state index contributed by atoms with van der Waals surface area (Å²) in [6, 6.07) is 0.468. The molecule has 1 saturated carbocycles. The summed E-state index contributed by atoms with van der Waals surface area (Å²) in [5.74, 6) is 2.03. The first kappa shape index (κ1) is 23.6. The number of guanidine groups is 1. The van der Waals surface area contributed by atoms with Crippen LogP contribution in [-0.4, -0.2) is 52.3 Å². The van der Waals surface area contributed by atoms with Crippen LogP contribution < -0.4 is 16.0 Å². The zero-order valence-electron chi connectivity index (χ0n) is 16.9. The lowest BCUT2D eigenvalue weighted by Crippen LogP contribution is -2.48. The van der Waals surface area contributed by atoms with Crippen molar-refractivity contribution in [2.24, 2.45) is 10.9 Å². The van der Waals surface area contributed by atoms with E-state index in [4.69, 9.17) is 0 Å². The van der Waals surface area contributed by atoms with Crippen LogP contribution in [0, 0.1) is 5.92 Å². The minimum absolute atomic E-state index is 0. The lowest BCUT2D eigenvalue weighted by atomic mass is 9.85. The van der Waals surface area contributed by atoms with E-state index in [-0.39, 0.29) is 47.9 Å². The van der Waals surface area contributed by atoms with Crippen molar-refractivity contribution >= 4 is 35.8 Å². The molecule has 1 aliphatic carbocycles. The van der Waals surface area contributed by atoms with Crippen LogP contribution in [0.25, 0.3) is 0 Å². The number of aromatic nitrogens is 3. The molecule has 2 atom stereocenters. The highest BCUT2D eigenvalue weighted by Crippen LogP contribution is 2.24. The Morgan fingerprint density at radius 3 is 2.85 bits per heavy atom. The normalized spacial score (nSPS) is 20.1. The SMILES string of the molecule is CCc1nncn1CCNC(=NC)NC1CCCC(C(=O)NC(C)C)C1.I. The van der Waals surface area contributed by atoms with E-state index in [1.54, 1.807) is 13.4 Å². The van der Waals surface area contributed by atoms with E-state index in [9.17, 15) is 4.79 Å². The molecule has 0 aromatic carbocycles. The molecule has 1 amide bonds. The predicted octanol–water partition coefficient (Wildman–Crippen LogP) is 1.71. The molecule has 0 spiro atoms. The molecule has 0 aliphatic heterocycles. The molecule has 1 aromatic rings. The largest absolute Gasteiger partial charge is 0.355 e. The summed E-state index contributed by atoms with van der Waals surface area (Å²) in [5.41, 5.74) is 0. The average Bonchev–Trinajstić information content (AvgIpc) is 3.08. The van der Waals surface area contributed by atoms with Gasteiger partial charge in [-0.05, 0) is 33.1 Å². The Kier molecular flexibility index (Phi) is 10.6. The maximum atomic E-state index is 12.3. The molecule has 0 saturated heterocycles. The monoisotopic (exact) mass is 491 g/mol. The number of rotatable bonds is 7. The maximum Gasteiger partial charge on any atom is 0.223 e. The molecular formula is C18H34IN7O. The van der Waals surface area contributed by atoms with Crippen molar-refractivity contribution in [1.29, 1.82) is 0 Å². The Bertz CT molecular complexity index is 602. The Morgan fingerprint density at radius 2 is 2.19 bits per heavy atom. The van der Waals surface area contributed by atoms with Gasteiger partial charge < -0.3 is 20.5 Å². The summed E-state index contributed by atoms with van der Waals surface area (Å²) in [6.45, 7) is 7.61. The van der Waals surface area contributed by atoms with Gasteiger partial charge in [0.1, 0.15) is 12.2 Å². The topological polar surface area (TPSA) is 96.2 Å². The van der Waals surface area contributed by atoms with E-state index in [2.05, 4.69) is 38.1 Å². The van der Waals surface area contributed by atoms with Crippen LogP contribution in [0.15, 0.2) is 11.3 Å². The number of nitrogens with zero attached hydrogens (tertiary/aromatic N) is 4. The van der Waals surface area contributed by atoms with Crippen molar-refractivity contribution in [1.82, 2.24) is 30.7 Å². The van der Waals surface area contributed by atoms with Gasteiger partial charge in [-0.25, -0.2) is 0 Å². The minimum Gasteiger partial charge on any atom is -0.355 e. The Labute approximate surface area is 179 Å². The number of carbonyl (C=O) groups is 1. The van der Waals surface area contributed by atoms with Gasteiger partial charge >= 0.3 is 0 Å². The molecule has 154 valence electrons. The van der Waals surface area contributed by atoms with Crippen LogP contribution in [0.5, 0.6) is 0 Å². The van der Waals surface area contributed by atoms with E-state index < -0.39 is 0 Å². The van der Waals surface area contributed by atoms with Crippen LogP contribution in [0.1, 0.15) is 52.3 Å². The summed E-state index contributed by atoms with van der Waals surface area (Å²) in [7, 11) is 1.78. The van der Waals surface area contributed by atoms with Gasteiger partial charge in [0.2, 0.25) is 5.91 Å². The van der Waals surface area contributed by atoms with Gasteiger partial charge in [-0.2, -0.15) is 0 Å². The highest BCUT2D eigenvalue weighted by molar-refractivity contribution is 14.0. The van der Waals surface area contributed by atoms with Crippen molar-refractivity contribution < 1.29 is 4.79 Å². The molecule has 1 fully saturated rings. The van der Waals surface area contributed by atoms with Gasteiger partial charge in [0.05, 0.1) is 0 Å². The second-order valence-corrected chi connectivity index (χ2v) is 7.16. The number of hydrogen-bond acceptors (Lipinski definition) is 4. The number of halogens is 1. The number of hydrogen-bond donors (Lipinski definition) is 3. The first-order valence-electron chi connectivity index (χ1n) is 9.67. The number of amides is 1. The third-order valence-electron chi connectivity index (χ3n) is 4.70. The fourth-order valence-electron chi connectivity index (χ4n) is 3.38. The van der Waals surface area contributed by atoms with Gasteiger partial charge in [-0.1, -0.05) is 13.3 Å². The fraction of sp³-hybridized carbons (Fsp3) is 0.778. The molecular weight excluding hydrogens is 457 g/mol. The minimum atomic E-state index is 0. The van der Waals surface area contributed by atoms with Gasteiger partial charge in [-0.15, -0.1) is 34.2 Å². The average molecular weight is 491 g/mol. The van der Waals surface area contributed by atoms with E-state index in [1.165, 1.54) is 0 Å². The Balaban J connectivity index is 0.00000364. The molecule has 1 aliphatic rings. The lowest BCUT2D eigenvalue weighted by molar-refractivity contribution is -0.126. The number of aliphatic imine (C=N–C) groups is 1. The van der Waals surface area contributed by atoms with E-state index in [1.807, 2.05) is 18.4 Å². The standard InChI is InChI=1S/C18H33N7O.HI/c1-5-16-24-21-12-25(16)10-9-20-18(19-4)23-15-8-6-7-14(11-15)17(26)22-13(2)3;/h12-15H,5-11H2,1-4H3,(H,22,26)(H2,19,20,23);1H. The molecule has 0 radical (unpaired) electrons. The zero-order valence-corrected chi connectivity index (χ0v) is 19.2. The van der Waals surface area contributed by atoms with E-state index in [0.717, 1.165) is 57.0 Å². The van der Waals surface area contributed by atoms with E-state index >= 15 is 0 Å². The molecule has 3 N–H and O–H groups in total. The van der Waals surface area contributed by atoms with Gasteiger partial charge in [0.15, 0.2) is 5.96 Å². The summed E-state index contributed by atoms with van der Waals surface area (Å²) in [6.07, 6.45) is 6.58. The highest BCUT2D eigenvalue weighted by Gasteiger charge is 2.27. The third kappa shape index (κ3) is 7.63. The fourth-order valence-corrected chi connectivity index (χ4v) is 3.38. The summed E-state index contributed by atoms with van der Waals surface area (Å²) in [4.78, 5) is 16.6.